The van der Waals surface area contributed by atoms with E-state index in [0.717, 1.165) is 17.5 Å². The van der Waals surface area contributed by atoms with Crippen molar-refractivity contribution in [3.63, 3.8) is 0 Å². The van der Waals surface area contributed by atoms with Crippen LogP contribution in [-0.2, 0) is 6.42 Å². The molecule has 1 atom stereocenters. The van der Waals surface area contributed by atoms with Gasteiger partial charge in [-0.2, -0.15) is 0 Å². The lowest BCUT2D eigenvalue weighted by Gasteiger charge is -2.35. The van der Waals surface area contributed by atoms with E-state index in [9.17, 15) is 4.79 Å². The molecule has 0 saturated carbocycles. The Labute approximate surface area is 167 Å². The lowest BCUT2D eigenvalue weighted by Crippen LogP contribution is -2.40. The number of hydrogen-bond donors (Lipinski definition) is 0. The predicted molar refractivity (Wildman–Crippen MR) is 109 cm³/mol. The van der Waals surface area contributed by atoms with E-state index in [4.69, 9.17) is 4.52 Å². The van der Waals surface area contributed by atoms with Gasteiger partial charge in [-0.3, -0.25) is 4.79 Å². The van der Waals surface area contributed by atoms with Gasteiger partial charge >= 0.3 is 0 Å². The zero-order chi connectivity index (χ0) is 18.9. The maximum atomic E-state index is 13.4. The van der Waals surface area contributed by atoms with Crippen molar-refractivity contribution in [3.8, 4) is 11.3 Å². The van der Waals surface area contributed by atoms with E-state index in [1.165, 1.54) is 10.4 Å². The molecule has 1 amide bonds. The van der Waals surface area contributed by atoms with Crippen LogP contribution in [0.1, 0.15) is 32.5 Å². The maximum Gasteiger partial charge on any atom is 0.276 e. The molecule has 0 bridgehead atoms. The summed E-state index contributed by atoms with van der Waals surface area (Å²) in [7, 11) is 0. The van der Waals surface area contributed by atoms with E-state index < -0.39 is 0 Å². The van der Waals surface area contributed by atoms with Crippen molar-refractivity contribution in [1.29, 1.82) is 0 Å². The molecular formula is C23H18N2O2S. The molecular weight excluding hydrogens is 368 g/mol. The number of amides is 1. The highest BCUT2D eigenvalue weighted by Gasteiger charge is 2.34. The third-order valence-corrected chi connectivity index (χ3v) is 6.13. The summed E-state index contributed by atoms with van der Waals surface area (Å²) >= 11 is 1.76. The number of aromatic nitrogens is 1. The summed E-state index contributed by atoms with van der Waals surface area (Å²) in [6.45, 7) is 0.666. The quantitative estimate of drug-likeness (QED) is 0.487. The van der Waals surface area contributed by atoms with Gasteiger partial charge in [0.2, 0.25) is 0 Å². The highest BCUT2D eigenvalue weighted by Crippen LogP contribution is 2.38. The van der Waals surface area contributed by atoms with Crippen LogP contribution in [0, 0.1) is 0 Å². The second-order valence-electron chi connectivity index (χ2n) is 6.80. The highest BCUT2D eigenvalue weighted by molar-refractivity contribution is 7.10. The van der Waals surface area contributed by atoms with Gasteiger partial charge in [-0.05, 0) is 29.0 Å². The number of nitrogens with zero attached hydrogens (tertiary/aromatic N) is 2. The van der Waals surface area contributed by atoms with Gasteiger partial charge in [0.1, 0.15) is 0 Å². The molecule has 0 N–H and O–H groups in total. The number of thiophene rings is 1. The molecule has 0 spiro atoms. The van der Waals surface area contributed by atoms with Gasteiger partial charge < -0.3 is 9.42 Å². The van der Waals surface area contributed by atoms with Crippen molar-refractivity contribution < 1.29 is 9.32 Å². The SMILES string of the molecule is O=C(c1cc(-c2ccccc2)on1)N1CCc2sccc2C1c1ccccc1. The van der Waals surface area contributed by atoms with Gasteiger partial charge in [0.25, 0.3) is 5.91 Å². The number of benzene rings is 2. The third-order valence-electron chi connectivity index (χ3n) is 5.13. The Hall–Kier alpha value is -3.18. The molecule has 2 aromatic heterocycles. The Morgan fingerprint density at radius 2 is 1.79 bits per heavy atom. The van der Waals surface area contributed by atoms with Gasteiger partial charge in [0.05, 0.1) is 6.04 Å². The first-order valence-corrected chi connectivity index (χ1v) is 10.1. The molecule has 0 radical (unpaired) electrons. The monoisotopic (exact) mass is 386 g/mol. The van der Waals surface area contributed by atoms with E-state index in [2.05, 4.69) is 28.7 Å². The molecule has 4 aromatic rings. The van der Waals surface area contributed by atoms with Crippen LogP contribution in [0.25, 0.3) is 11.3 Å². The van der Waals surface area contributed by atoms with E-state index >= 15 is 0 Å². The molecule has 0 aliphatic carbocycles. The minimum absolute atomic E-state index is 0.0967. The molecule has 5 rings (SSSR count). The largest absolute Gasteiger partial charge is 0.355 e. The van der Waals surface area contributed by atoms with Crippen LogP contribution in [0.4, 0.5) is 0 Å². The fourth-order valence-electron chi connectivity index (χ4n) is 3.79. The van der Waals surface area contributed by atoms with Gasteiger partial charge in [0, 0.05) is 23.1 Å². The molecule has 138 valence electrons. The maximum absolute atomic E-state index is 13.4. The van der Waals surface area contributed by atoms with Crippen LogP contribution >= 0.6 is 11.3 Å². The molecule has 4 nitrogen and oxygen atoms in total. The summed E-state index contributed by atoms with van der Waals surface area (Å²) in [5.41, 5.74) is 3.58. The summed E-state index contributed by atoms with van der Waals surface area (Å²) in [6.07, 6.45) is 0.867. The highest BCUT2D eigenvalue weighted by atomic mass is 32.1. The van der Waals surface area contributed by atoms with E-state index in [1.54, 1.807) is 17.4 Å². The number of rotatable bonds is 3. The Bertz CT molecular complexity index is 1100. The van der Waals surface area contributed by atoms with Crippen LogP contribution in [0.15, 0.2) is 82.7 Å². The van der Waals surface area contributed by atoms with E-state index in [-0.39, 0.29) is 11.9 Å². The van der Waals surface area contributed by atoms with Crippen LogP contribution < -0.4 is 0 Å². The molecule has 0 saturated heterocycles. The number of fused-ring (bicyclic) bond motifs is 1. The average Bonchev–Trinajstić information content (AvgIpc) is 3.43. The summed E-state index contributed by atoms with van der Waals surface area (Å²) in [4.78, 5) is 16.6. The first-order valence-electron chi connectivity index (χ1n) is 9.25. The summed E-state index contributed by atoms with van der Waals surface area (Å²) in [5.74, 6) is 0.505. The standard InChI is InChI=1S/C23H18N2O2S/c26-23(19-15-20(27-24-19)16-7-3-1-4-8-16)25-13-11-21-18(12-14-28-21)22(25)17-9-5-2-6-10-17/h1-10,12,14-15,22H,11,13H2. The lowest BCUT2D eigenvalue weighted by atomic mass is 9.93. The lowest BCUT2D eigenvalue weighted by molar-refractivity contribution is 0.0685. The van der Waals surface area contributed by atoms with Crippen molar-refractivity contribution in [2.75, 3.05) is 6.54 Å². The molecule has 3 heterocycles. The zero-order valence-electron chi connectivity index (χ0n) is 15.1. The van der Waals surface area contributed by atoms with Crippen molar-refractivity contribution in [2.45, 2.75) is 12.5 Å². The third kappa shape index (κ3) is 2.94. The Kier molecular flexibility index (Phi) is 4.29. The van der Waals surface area contributed by atoms with Crippen molar-refractivity contribution in [2.24, 2.45) is 0 Å². The molecule has 2 aromatic carbocycles. The molecule has 1 unspecified atom stereocenters. The van der Waals surface area contributed by atoms with Crippen molar-refractivity contribution in [3.05, 3.63) is 99.9 Å². The average molecular weight is 386 g/mol. The second kappa shape index (κ2) is 7.09. The smallest absolute Gasteiger partial charge is 0.276 e. The number of carbonyl (C=O) groups is 1. The van der Waals surface area contributed by atoms with E-state index in [0.29, 0.717) is 18.0 Å². The Morgan fingerprint density at radius 3 is 2.57 bits per heavy atom. The van der Waals surface area contributed by atoms with Crippen LogP contribution in [-0.4, -0.2) is 22.5 Å². The van der Waals surface area contributed by atoms with Crippen molar-refractivity contribution >= 4 is 17.2 Å². The zero-order valence-corrected chi connectivity index (χ0v) is 15.9. The van der Waals surface area contributed by atoms with Gasteiger partial charge in [-0.1, -0.05) is 65.8 Å². The van der Waals surface area contributed by atoms with Gasteiger partial charge in [-0.15, -0.1) is 11.3 Å². The van der Waals surface area contributed by atoms with E-state index in [1.807, 2.05) is 53.4 Å². The molecule has 1 aliphatic heterocycles. The summed E-state index contributed by atoms with van der Waals surface area (Å²) < 4.78 is 5.46. The molecule has 28 heavy (non-hydrogen) atoms. The molecule has 0 fully saturated rings. The van der Waals surface area contributed by atoms with Gasteiger partial charge in [0.15, 0.2) is 11.5 Å². The van der Waals surface area contributed by atoms with Crippen LogP contribution in [0.3, 0.4) is 0 Å². The topological polar surface area (TPSA) is 46.3 Å². The molecule has 1 aliphatic rings. The minimum Gasteiger partial charge on any atom is -0.355 e. The Balaban J connectivity index is 1.51. The predicted octanol–water partition coefficient (Wildman–Crippen LogP) is 5.19. The first-order chi connectivity index (χ1) is 13.8. The first kappa shape index (κ1) is 17.0. The van der Waals surface area contributed by atoms with Crippen molar-refractivity contribution in [1.82, 2.24) is 10.1 Å². The number of hydrogen-bond acceptors (Lipinski definition) is 4. The number of carbonyl (C=O) groups excluding carboxylic acids is 1. The summed E-state index contributed by atoms with van der Waals surface area (Å²) in [6, 6.07) is 23.7. The van der Waals surface area contributed by atoms with Crippen LogP contribution in [0.5, 0.6) is 0 Å². The van der Waals surface area contributed by atoms with Crippen LogP contribution in [0.2, 0.25) is 0 Å². The fraction of sp³-hybridized carbons (Fsp3) is 0.130. The minimum atomic E-state index is -0.100. The molecule has 5 heteroatoms. The summed E-state index contributed by atoms with van der Waals surface area (Å²) in [5, 5.41) is 6.19. The second-order valence-corrected chi connectivity index (χ2v) is 7.80. The fourth-order valence-corrected chi connectivity index (χ4v) is 4.70. The van der Waals surface area contributed by atoms with Gasteiger partial charge in [-0.25, -0.2) is 0 Å². The normalized spacial score (nSPS) is 16.0. The Morgan fingerprint density at radius 1 is 1.04 bits per heavy atom.